The molecule has 0 aromatic carbocycles. The van der Waals surface area contributed by atoms with Crippen LogP contribution in [0.2, 0.25) is 0 Å². The lowest BCUT2D eigenvalue weighted by Gasteiger charge is -2.41. The minimum Gasteiger partial charge on any atom is -0.392 e. The summed E-state index contributed by atoms with van der Waals surface area (Å²) in [5.74, 6) is 0.324. The van der Waals surface area contributed by atoms with Crippen molar-refractivity contribution in [3.8, 4) is 0 Å². The molecule has 1 saturated carbocycles. The molecule has 1 rings (SSSR count). The number of hydrogen-bond donors (Lipinski definition) is 1. The monoisotopic (exact) mass is 212 g/mol. The van der Waals surface area contributed by atoms with Gasteiger partial charge in [-0.3, -0.25) is 0 Å². The van der Waals surface area contributed by atoms with Crippen LogP contribution in [0.25, 0.3) is 0 Å². The van der Waals surface area contributed by atoms with Crippen molar-refractivity contribution in [1.82, 2.24) is 0 Å². The number of aliphatic hydroxyl groups excluding tert-OH is 1. The van der Waals surface area contributed by atoms with Crippen LogP contribution in [0.3, 0.4) is 0 Å². The first-order chi connectivity index (χ1) is 7.17. The molecule has 0 radical (unpaired) electrons. The second kappa shape index (κ2) is 5.64. The van der Waals surface area contributed by atoms with Gasteiger partial charge < -0.3 is 9.90 Å². The van der Waals surface area contributed by atoms with Crippen molar-refractivity contribution < 1.29 is 9.90 Å². The van der Waals surface area contributed by atoms with Gasteiger partial charge in [0.25, 0.3) is 0 Å². The van der Waals surface area contributed by atoms with Crippen LogP contribution in [0.15, 0.2) is 0 Å². The maximum absolute atomic E-state index is 11.3. The average Bonchev–Trinajstić information content (AvgIpc) is 2.27. The number of carbonyl (C=O) groups is 1. The van der Waals surface area contributed by atoms with Crippen molar-refractivity contribution in [2.24, 2.45) is 11.3 Å². The van der Waals surface area contributed by atoms with E-state index in [1.165, 1.54) is 0 Å². The van der Waals surface area contributed by atoms with Crippen LogP contribution < -0.4 is 0 Å². The van der Waals surface area contributed by atoms with E-state index in [9.17, 15) is 9.90 Å². The molecule has 0 spiro atoms. The highest BCUT2D eigenvalue weighted by atomic mass is 16.3. The molecule has 0 aliphatic heterocycles. The maximum atomic E-state index is 11.3. The van der Waals surface area contributed by atoms with E-state index in [4.69, 9.17) is 0 Å². The summed E-state index contributed by atoms with van der Waals surface area (Å²) in [6.07, 6.45) is 7.85. The molecule has 3 unspecified atom stereocenters. The Kier molecular flexibility index (Phi) is 4.78. The number of hydrogen-bond acceptors (Lipinski definition) is 2. The summed E-state index contributed by atoms with van der Waals surface area (Å²) in [6.45, 7) is 4.29. The Labute approximate surface area is 93.1 Å². The van der Waals surface area contributed by atoms with Crippen LogP contribution >= 0.6 is 0 Å². The van der Waals surface area contributed by atoms with Crippen molar-refractivity contribution in [1.29, 1.82) is 0 Å². The Hall–Kier alpha value is -0.370. The lowest BCUT2D eigenvalue weighted by atomic mass is 9.64. The van der Waals surface area contributed by atoms with E-state index in [1.807, 2.05) is 0 Å². The molecule has 1 aliphatic carbocycles. The van der Waals surface area contributed by atoms with E-state index in [2.05, 4.69) is 13.8 Å². The normalized spacial score (nSPS) is 33.7. The predicted octanol–water partition coefficient (Wildman–Crippen LogP) is 2.93. The number of unbranched alkanes of at least 4 members (excludes halogenated alkanes) is 1. The van der Waals surface area contributed by atoms with Gasteiger partial charge in [-0.1, -0.05) is 39.5 Å². The number of rotatable bonds is 5. The summed E-state index contributed by atoms with van der Waals surface area (Å²) in [7, 11) is 0. The summed E-state index contributed by atoms with van der Waals surface area (Å²) < 4.78 is 0. The maximum Gasteiger partial charge on any atom is 0.128 e. The number of aliphatic hydroxyl groups is 1. The summed E-state index contributed by atoms with van der Waals surface area (Å²) in [5.41, 5.74) is -0.437. The van der Waals surface area contributed by atoms with E-state index in [0.29, 0.717) is 5.92 Å². The third-order valence-electron chi connectivity index (χ3n) is 4.09. The Morgan fingerprint density at radius 2 is 2.27 bits per heavy atom. The van der Waals surface area contributed by atoms with Crippen LogP contribution in [0.4, 0.5) is 0 Å². The van der Waals surface area contributed by atoms with Gasteiger partial charge in [0.2, 0.25) is 0 Å². The Morgan fingerprint density at radius 3 is 2.80 bits per heavy atom. The smallest absolute Gasteiger partial charge is 0.128 e. The van der Waals surface area contributed by atoms with Crippen LogP contribution in [-0.2, 0) is 4.79 Å². The van der Waals surface area contributed by atoms with Gasteiger partial charge in [-0.2, -0.15) is 0 Å². The summed E-state index contributed by atoms with van der Waals surface area (Å²) in [5, 5.41) is 10.1. The SMILES string of the molecule is CCCCC(C)C1(C=O)CCCCC1O. The zero-order chi connectivity index (χ0) is 11.3. The van der Waals surface area contributed by atoms with E-state index in [1.54, 1.807) is 0 Å². The van der Waals surface area contributed by atoms with Crippen LogP contribution in [0, 0.1) is 11.3 Å². The van der Waals surface area contributed by atoms with Gasteiger partial charge in [0.1, 0.15) is 6.29 Å². The van der Waals surface area contributed by atoms with Crippen molar-refractivity contribution in [3.05, 3.63) is 0 Å². The third kappa shape index (κ3) is 2.60. The van der Waals surface area contributed by atoms with Gasteiger partial charge >= 0.3 is 0 Å². The first kappa shape index (κ1) is 12.7. The molecule has 88 valence electrons. The molecule has 2 nitrogen and oxygen atoms in total. The van der Waals surface area contributed by atoms with E-state index >= 15 is 0 Å². The molecule has 0 aromatic heterocycles. The van der Waals surface area contributed by atoms with Gasteiger partial charge in [-0.05, 0) is 25.2 Å². The Balaban J connectivity index is 2.68. The number of aldehydes is 1. The molecule has 0 aromatic rings. The van der Waals surface area contributed by atoms with E-state index < -0.39 is 11.5 Å². The van der Waals surface area contributed by atoms with Crippen LogP contribution in [0.1, 0.15) is 58.8 Å². The first-order valence-corrected chi connectivity index (χ1v) is 6.31. The van der Waals surface area contributed by atoms with Crippen molar-refractivity contribution in [2.75, 3.05) is 0 Å². The van der Waals surface area contributed by atoms with Crippen molar-refractivity contribution in [3.63, 3.8) is 0 Å². The van der Waals surface area contributed by atoms with E-state index in [-0.39, 0.29) is 0 Å². The minimum absolute atomic E-state index is 0.324. The second-order valence-electron chi connectivity index (χ2n) is 5.04. The molecule has 0 saturated heterocycles. The predicted molar refractivity (Wildman–Crippen MR) is 61.7 cm³/mol. The fraction of sp³-hybridized carbons (Fsp3) is 0.923. The van der Waals surface area contributed by atoms with E-state index in [0.717, 1.165) is 51.2 Å². The lowest BCUT2D eigenvalue weighted by Crippen LogP contribution is -2.44. The Morgan fingerprint density at radius 1 is 1.53 bits per heavy atom. The van der Waals surface area contributed by atoms with Gasteiger partial charge in [0.15, 0.2) is 0 Å². The third-order valence-corrected chi connectivity index (χ3v) is 4.09. The highest BCUT2D eigenvalue weighted by Crippen LogP contribution is 2.42. The topological polar surface area (TPSA) is 37.3 Å². The molecular weight excluding hydrogens is 188 g/mol. The molecule has 1 aliphatic rings. The molecule has 2 heteroatoms. The van der Waals surface area contributed by atoms with Gasteiger partial charge in [0.05, 0.1) is 11.5 Å². The average molecular weight is 212 g/mol. The molecular formula is C13H24O2. The lowest BCUT2D eigenvalue weighted by molar-refractivity contribution is -0.132. The quantitative estimate of drug-likeness (QED) is 0.711. The number of carbonyl (C=O) groups excluding carboxylic acids is 1. The summed E-state index contributed by atoms with van der Waals surface area (Å²) >= 11 is 0. The van der Waals surface area contributed by atoms with Crippen LogP contribution in [0.5, 0.6) is 0 Å². The molecule has 0 heterocycles. The highest BCUT2D eigenvalue weighted by molar-refractivity contribution is 5.61. The zero-order valence-corrected chi connectivity index (χ0v) is 10.0. The molecule has 3 atom stereocenters. The summed E-state index contributed by atoms with van der Waals surface area (Å²) in [6, 6.07) is 0. The first-order valence-electron chi connectivity index (χ1n) is 6.31. The minimum atomic E-state index is -0.437. The largest absolute Gasteiger partial charge is 0.392 e. The van der Waals surface area contributed by atoms with Crippen LogP contribution in [-0.4, -0.2) is 17.5 Å². The molecule has 1 N–H and O–H groups in total. The van der Waals surface area contributed by atoms with Crippen molar-refractivity contribution >= 4 is 6.29 Å². The zero-order valence-electron chi connectivity index (χ0n) is 10.0. The van der Waals surface area contributed by atoms with Gasteiger partial charge in [-0.15, -0.1) is 0 Å². The molecule has 15 heavy (non-hydrogen) atoms. The fourth-order valence-corrected chi connectivity index (χ4v) is 2.81. The molecule has 0 amide bonds. The standard InChI is InChI=1S/C13H24O2/c1-3-4-7-11(2)13(10-14)9-6-5-8-12(13)15/h10-12,15H,3-9H2,1-2H3. The second-order valence-corrected chi connectivity index (χ2v) is 5.04. The molecule has 0 bridgehead atoms. The van der Waals surface area contributed by atoms with Crippen molar-refractivity contribution in [2.45, 2.75) is 64.9 Å². The summed E-state index contributed by atoms with van der Waals surface area (Å²) in [4.78, 5) is 11.3. The Bertz CT molecular complexity index is 203. The fourth-order valence-electron chi connectivity index (χ4n) is 2.81. The molecule has 1 fully saturated rings. The highest BCUT2D eigenvalue weighted by Gasteiger charge is 2.43. The van der Waals surface area contributed by atoms with Gasteiger partial charge in [0, 0.05) is 0 Å². The van der Waals surface area contributed by atoms with Gasteiger partial charge in [-0.25, -0.2) is 0 Å².